The van der Waals surface area contributed by atoms with Gasteiger partial charge in [0.15, 0.2) is 0 Å². The van der Waals surface area contributed by atoms with Crippen molar-refractivity contribution in [2.45, 2.75) is 175 Å². The third-order valence-electron chi connectivity index (χ3n) is 24.9. The topological polar surface area (TPSA) is 264 Å². The van der Waals surface area contributed by atoms with Crippen LogP contribution in [-0.4, -0.2) is 234 Å². The van der Waals surface area contributed by atoms with Crippen LogP contribution >= 0.6 is 93.9 Å². The lowest BCUT2D eigenvalue weighted by atomic mass is 9.98. The van der Waals surface area contributed by atoms with Gasteiger partial charge >= 0.3 is 24.5 Å². The Morgan fingerprint density at radius 3 is 1.08 bits per heavy atom. The lowest BCUT2D eigenvalue weighted by molar-refractivity contribution is -0.139. The molecule has 0 bridgehead atoms. The number of amides is 10. The summed E-state index contributed by atoms with van der Waals surface area (Å²) in [6.07, 6.45) is -10.3. The molecule has 0 radical (unpaired) electrons. The van der Waals surface area contributed by atoms with Crippen molar-refractivity contribution in [3.8, 4) is 11.5 Å². The number of benzene rings is 7. The number of carbonyl (C=O) groups is 10. The van der Waals surface area contributed by atoms with Crippen LogP contribution in [0.2, 0.25) is 0 Å². The lowest BCUT2D eigenvalue weighted by Gasteiger charge is -2.45. The van der Waals surface area contributed by atoms with Crippen molar-refractivity contribution in [2.75, 3.05) is 123 Å². The number of hydrogen-bond acceptors (Lipinski definition) is 18. The van der Waals surface area contributed by atoms with Crippen LogP contribution in [0.25, 0.3) is 0 Å². The molecule has 10 amide bonds. The van der Waals surface area contributed by atoms with E-state index in [0.29, 0.717) is 94.9 Å². The predicted molar refractivity (Wildman–Crippen MR) is 562 cm³/mol. The number of carbonyl (C=O) groups excluding carboxylic acids is 10. The molecule has 10 atom stereocenters. The lowest BCUT2D eigenvalue weighted by Crippen LogP contribution is -2.61. The zero-order valence-electron chi connectivity index (χ0n) is 83.9. The largest absolute Gasteiger partial charge is 0.497 e. The molecular formula is C105H124Cl6F8N12O14S2. The molecule has 6 unspecified atom stereocenters. The van der Waals surface area contributed by atoms with Gasteiger partial charge in [0, 0.05) is 110 Å². The Labute approximate surface area is 892 Å². The van der Waals surface area contributed by atoms with Gasteiger partial charge < -0.3 is 49.2 Å². The van der Waals surface area contributed by atoms with E-state index in [1.807, 2.05) is 44.2 Å². The fraction of sp³-hybridized carbons (Fsp3) is 0.429. The number of alkyl halides is 10. The fourth-order valence-electron chi connectivity index (χ4n) is 17.8. The molecule has 0 spiro atoms. The van der Waals surface area contributed by atoms with E-state index in [2.05, 4.69) is 38.3 Å². The van der Waals surface area contributed by atoms with Gasteiger partial charge in [-0.25, -0.2) is 18.4 Å². The summed E-state index contributed by atoms with van der Waals surface area (Å²) < 4.78 is 130. The van der Waals surface area contributed by atoms with E-state index in [1.54, 1.807) is 178 Å². The number of piperazine rings is 4. The zero-order valence-corrected chi connectivity index (χ0v) is 90.2. The second-order valence-electron chi connectivity index (χ2n) is 37.1. The third-order valence-corrected chi connectivity index (χ3v) is 27.6. The summed E-state index contributed by atoms with van der Waals surface area (Å²) in [7, 11) is 3.13. The number of rotatable bonds is 26. The molecule has 0 aliphatic carbocycles. The van der Waals surface area contributed by atoms with Crippen molar-refractivity contribution in [2.24, 2.45) is 11.8 Å². The fourth-order valence-corrected chi connectivity index (χ4v) is 19.9. The van der Waals surface area contributed by atoms with E-state index in [4.69, 9.17) is 65.4 Å². The van der Waals surface area contributed by atoms with Crippen molar-refractivity contribution in [3.63, 3.8) is 0 Å². The maximum atomic E-state index is 14.1. The summed E-state index contributed by atoms with van der Waals surface area (Å²) in [5.41, 5.74) is 1.73. The van der Waals surface area contributed by atoms with Gasteiger partial charge in [-0.2, -0.15) is 26.3 Å². The zero-order chi connectivity index (χ0) is 106. The van der Waals surface area contributed by atoms with Crippen molar-refractivity contribution in [1.82, 2.24) is 40.0 Å². The first-order valence-electron chi connectivity index (χ1n) is 47.0. The van der Waals surface area contributed by atoms with Crippen LogP contribution in [0.3, 0.4) is 0 Å². The van der Waals surface area contributed by atoms with Gasteiger partial charge in [-0.15, -0.1) is 93.9 Å². The molecule has 42 heteroatoms. The number of nitrogens with zero attached hydrogens (tertiary/aromatic N) is 10. The highest BCUT2D eigenvalue weighted by Gasteiger charge is 2.48. The molecule has 4 fully saturated rings. The first-order valence-corrected chi connectivity index (χ1v) is 50.9. The molecule has 6 heterocycles. The van der Waals surface area contributed by atoms with Crippen molar-refractivity contribution >= 4 is 176 Å². The Morgan fingerprint density at radius 1 is 0.422 bits per heavy atom. The first-order chi connectivity index (χ1) is 68.7. The molecule has 9 aromatic rings. The number of ether oxygens (including phenoxy) is 4. The van der Waals surface area contributed by atoms with Gasteiger partial charge in [-0.1, -0.05) is 107 Å². The Bertz CT molecular complexity index is 5710. The van der Waals surface area contributed by atoms with Crippen LogP contribution in [0.5, 0.6) is 11.5 Å². The van der Waals surface area contributed by atoms with Gasteiger partial charge in [-0.05, 0) is 222 Å². The average molecular weight is 2210 g/mol. The van der Waals surface area contributed by atoms with E-state index < -0.39 is 148 Å². The highest BCUT2D eigenvalue weighted by Crippen LogP contribution is 2.43. The summed E-state index contributed by atoms with van der Waals surface area (Å²) in [6, 6.07) is 40.6. The molecule has 798 valence electrons. The summed E-state index contributed by atoms with van der Waals surface area (Å²) in [6.45, 7) is 28.6. The number of methoxy groups -OCH3 is 2. The second-order valence-corrected chi connectivity index (χ2v) is 40.2. The standard InChI is InChI=1S/C29H29ClF3N3O4S.C26H31ClF3N3O4S.2C25H31ClFN3O3.2ClH/c1-19-16-34(17-20(2)35(19)28(39)40-18-21-8-4-3-5-9-21)27(38)26(24-12-7-13-41-24)36(25(37)15-30)23-11-6-10-22(14-23)29(31,32)33;1-16-14-31(15-17(2)32(16)24(36)37-25(3,4)5)23(35)22(20-10-7-11-38-20)33(21(34)13-27)19-9-6-8-18(12-19)26(28,29)30;2*1-16(2)21-15-29(12-11-28-21)25(32)24(18-5-7-19(27)8-6-18)30(23(31)14-26)22-10-9-20(33-4)13-17(22)3;;/h3-14,19-20,26H,15-18H2,1-2H3;6-12,16-17,22H,13-15H2,1-5H3;2*5-10,13,16,21,24,28H,11-12,14-15H2,1-4H3;2*1H/t;;21-,24+;21-,24-;;/m..11../s1. The van der Waals surface area contributed by atoms with Gasteiger partial charge in [0.1, 0.15) is 83.0 Å². The third kappa shape index (κ3) is 31.5. The van der Waals surface area contributed by atoms with Crippen LogP contribution in [0.4, 0.5) is 67.5 Å². The monoisotopic (exact) mass is 2200 g/mol. The number of aryl methyl sites for hydroxylation is 2. The number of anilines is 4. The summed E-state index contributed by atoms with van der Waals surface area (Å²) >= 11 is 26.2. The molecule has 2 N–H and O–H groups in total. The van der Waals surface area contributed by atoms with E-state index in [9.17, 15) is 83.1 Å². The maximum absolute atomic E-state index is 14.1. The molecule has 0 saturated carbocycles. The number of halogens is 14. The second kappa shape index (κ2) is 54.9. The quantitative estimate of drug-likeness (QED) is 0.0377. The minimum absolute atomic E-state index is 0. The predicted octanol–water partition coefficient (Wildman–Crippen LogP) is 20.9. The minimum Gasteiger partial charge on any atom is -0.497 e. The number of thiophene rings is 2. The molecule has 147 heavy (non-hydrogen) atoms. The smallest absolute Gasteiger partial charge is 0.416 e. The molecule has 7 aromatic carbocycles. The van der Waals surface area contributed by atoms with Gasteiger partial charge in [0.2, 0.25) is 23.6 Å². The molecule has 2 aromatic heterocycles. The van der Waals surface area contributed by atoms with E-state index in [-0.39, 0.29) is 105 Å². The van der Waals surface area contributed by atoms with Gasteiger partial charge in [-0.3, -0.25) is 67.8 Å². The van der Waals surface area contributed by atoms with Crippen LogP contribution in [-0.2, 0) is 66.8 Å². The van der Waals surface area contributed by atoms with Gasteiger partial charge in [0.05, 0.1) is 49.5 Å². The normalized spacial score (nSPS) is 17.7. The molecule has 4 aliphatic rings. The van der Waals surface area contributed by atoms with E-state index in [1.165, 1.54) is 90.8 Å². The minimum atomic E-state index is -4.65. The summed E-state index contributed by atoms with van der Waals surface area (Å²) in [5, 5.41) is 10.3. The first kappa shape index (κ1) is 121. The number of nitrogens with one attached hydrogen (secondary N) is 2. The Kier molecular flexibility index (Phi) is 45.3. The summed E-state index contributed by atoms with van der Waals surface area (Å²) in [5.74, 6) is -4.21. The Hall–Kier alpha value is -11.1. The van der Waals surface area contributed by atoms with Crippen LogP contribution < -0.4 is 39.7 Å². The van der Waals surface area contributed by atoms with Crippen molar-refractivity contribution in [1.29, 1.82) is 0 Å². The highest BCUT2D eigenvalue weighted by atomic mass is 35.5. The van der Waals surface area contributed by atoms with Crippen LogP contribution in [0.1, 0.15) is 149 Å². The van der Waals surface area contributed by atoms with Crippen molar-refractivity contribution in [3.05, 3.63) is 259 Å². The highest BCUT2D eigenvalue weighted by molar-refractivity contribution is 7.10. The van der Waals surface area contributed by atoms with E-state index >= 15 is 0 Å². The molecule has 26 nitrogen and oxygen atoms in total. The van der Waals surface area contributed by atoms with Crippen LogP contribution in [0.15, 0.2) is 199 Å². The van der Waals surface area contributed by atoms with Crippen LogP contribution in [0, 0.1) is 37.3 Å². The van der Waals surface area contributed by atoms with E-state index in [0.717, 1.165) is 50.8 Å². The van der Waals surface area contributed by atoms with Crippen molar-refractivity contribution < 1.29 is 102 Å². The maximum Gasteiger partial charge on any atom is 0.416 e. The average Bonchev–Trinajstić information content (AvgIpc) is 1.74. The van der Waals surface area contributed by atoms with Gasteiger partial charge in [0.25, 0.3) is 23.6 Å². The Morgan fingerprint density at radius 2 is 0.769 bits per heavy atom. The molecule has 4 aliphatic heterocycles. The molecule has 13 rings (SSSR count). The molecule has 4 saturated heterocycles. The summed E-state index contributed by atoms with van der Waals surface area (Å²) in [4.78, 5) is 150. The SMILES string of the molecule is CC1CN(C(=O)C(c2cccs2)N(C(=O)CCl)c2cccc(C(F)(F)F)c2)CC(C)N1C(=O)OC(C)(C)C.CC1CN(C(=O)C(c2cccs2)N(C(=O)CCl)c2cccc(C(F)(F)F)c2)CC(C)N1C(=O)OCc1ccccc1.COc1ccc(N(C(=O)CCl)[C@@H](C(=O)N2CCN[C@@H](C(C)C)C2)c2ccc(F)cc2)c(C)c1.COc1ccc(N(C(=O)CCl)[C@H](C(=O)N2CCN[C@@H](C(C)C)C2)c2ccc(F)cc2)c(C)c1.Cl.Cl. The Balaban J connectivity index is 0.000000239. The number of hydrogen-bond donors (Lipinski definition) is 2. The molecular weight excluding hydrogens is 2080 g/mol.